The Bertz CT molecular complexity index is 903. The van der Waals surface area contributed by atoms with E-state index in [1.807, 2.05) is 0 Å². The van der Waals surface area contributed by atoms with Crippen molar-refractivity contribution >= 4 is 23.6 Å². The highest BCUT2D eigenvalue weighted by Crippen LogP contribution is 2.59. The number of nitrogens with zero attached hydrogens (tertiary/aromatic N) is 1. The molecule has 0 radical (unpaired) electrons. The lowest BCUT2D eigenvalue weighted by atomic mass is 9.49. The van der Waals surface area contributed by atoms with Crippen LogP contribution in [-0.4, -0.2) is 46.7 Å². The van der Waals surface area contributed by atoms with Gasteiger partial charge in [0.25, 0.3) is 5.91 Å². The summed E-state index contributed by atoms with van der Waals surface area (Å²) in [6, 6.07) is 5.19. The Balaban J connectivity index is 1.27. The number of halogens is 1. The number of carbonyl (C=O) groups is 2. The summed E-state index contributed by atoms with van der Waals surface area (Å²) < 4.78 is 0. The van der Waals surface area contributed by atoms with E-state index in [-0.39, 0.29) is 17.2 Å². The number of hydrogen-bond donors (Lipinski definition) is 3. The number of carbonyl (C=O) groups excluding carboxylic acids is 1. The molecule has 0 spiro atoms. The molecule has 2 amide bonds. The van der Waals surface area contributed by atoms with E-state index < -0.39 is 11.7 Å². The van der Waals surface area contributed by atoms with Crippen LogP contribution in [0.5, 0.6) is 0 Å². The van der Waals surface area contributed by atoms with Crippen molar-refractivity contribution in [1.29, 1.82) is 0 Å². The minimum atomic E-state index is -1.16. The fourth-order valence-corrected chi connectivity index (χ4v) is 7.96. The van der Waals surface area contributed by atoms with Gasteiger partial charge < -0.3 is 20.4 Å². The summed E-state index contributed by atoms with van der Waals surface area (Å²) in [5, 5.41) is 24.2. The first kappa shape index (κ1) is 23.0. The van der Waals surface area contributed by atoms with Gasteiger partial charge in [-0.2, -0.15) is 0 Å². The number of hydrogen-bond acceptors (Lipinski definition) is 3. The first-order valence-corrected chi connectivity index (χ1v) is 12.8. The molecule has 1 unspecified atom stereocenters. The van der Waals surface area contributed by atoms with Crippen LogP contribution in [0.2, 0.25) is 5.02 Å². The Kier molecular flexibility index (Phi) is 5.89. The van der Waals surface area contributed by atoms with Crippen LogP contribution < -0.4 is 5.32 Å². The molecule has 6 nitrogen and oxygen atoms in total. The van der Waals surface area contributed by atoms with Crippen LogP contribution in [0.15, 0.2) is 18.2 Å². The van der Waals surface area contributed by atoms with Crippen molar-refractivity contribution in [3.63, 3.8) is 0 Å². The third-order valence-corrected chi connectivity index (χ3v) is 9.47. The minimum absolute atomic E-state index is 0.0859. The van der Waals surface area contributed by atoms with Crippen LogP contribution in [0.3, 0.4) is 0 Å². The van der Waals surface area contributed by atoms with Crippen molar-refractivity contribution in [1.82, 2.24) is 10.2 Å². The van der Waals surface area contributed by atoms with E-state index in [0.717, 1.165) is 17.8 Å². The molecule has 4 bridgehead atoms. The standard InChI is InChI=1S/C26H35ClN2O4/c1-25(33,19-4-6-29(7-5-19)24(31)32)20-2-3-22(27)21(11-20)23(30)28-15-26-12-16-8-17(13-26)10-18(9-16)14-26/h2-3,11,16-19,33H,4-10,12-15H2,1H3,(H,28,30)(H,31,32). The summed E-state index contributed by atoms with van der Waals surface area (Å²) >= 11 is 6.42. The van der Waals surface area contributed by atoms with Gasteiger partial charge in [-0.1, -0.05) is 17.7 Å². The predicted octanol–water partition coefficient (Wildman–Crippen LogP) is 4.88. The van der Waals surface area contributed by atoms with Crippen molar-refractivity contribution < 1.29 is 19.8 Å². The molecular formula is C26H35ClN2O4. The Morgan fingerprint density at radius 2 is 1.70 bits per heavy atom. The van der Waals surface area contributed by atoms with Gasteiger partial charge in [0.05, 0.1) is 16.2 Å². The van der Waals surface area contributed by atoms with Crippen molar-refractivity contribution in [2.24, 2.45) is 29.1 Å². The fourth-order valence-electron chi connectivity index (χ4n) is 7.75. The molecule has 1 saturated heterocycles. The van der Waals surface area contributed by atoms with E-state index in [4.69, 9.17) is 11.6 Å². The monoisotopic (exact) mass is 474 g/mol. The SMILES string of the molecule is CC(O)(c1ccc(Cl)c(C(=O)NCC23CC4CC(CC(C4)C2)C3)c1)C1CCN(C(=O)O)CC1. The summed E-state index contributed by atoms with van der Waals surface area (Å²) in [4.78, 5) is 25.8. The molecule has 5 fully saturated rings. The van der Waals surface area contributed by atoms with Gasteiger partial charge >= 0.3 is 6.09 Å². The molecule has 4 saturated carbocycles. The summed E-state index contributed by atoms with van der Waals surface area (Å²) in [5.74, 6) is 2.25. The van der Waals surface area contributed by atoms with Gasteiger partial charge in [-0.25, -0.2) is 4.79 Å². The maximum absolute atomic E-state index is 13.2. The molecule has 7 heteroatoms. The number of nitrogens with one attached hydrogen (secondary N) is 1. The highest BCUT2D eigenvalue weighted by atomic mass is 35.5. The first-order chi connectivity index (χ1) is 15.6. The zero-order chi connectivity index (χ0) is 23.4. The second kappa shape index (κ2) is 8.46. The summed E-state index contributed by atoms with van der Waals surface area (Å²) in [5.41, 5.74) is 0.144. The third kappa shape index (κ3) is 4.37. The quantitative estimate of drug-likeness (QED) is 0.567. The molecular weight excluding hydrogens is 440 g/mol. The second-order valence-electron chi connectivity index (χ2n) is 11.5. The van der Waals surface area contributed by atoms with E-state index in [0.29, 0.717) is 48.6 Å². The van der Waals surface area contributed by atoms with E-state index in [2.05, 4.69) is 5.32 Å². The number of amides is 2. The molecule has 1 aliphatic heterocycles. The Morgan fingerprint density at radius 3 is 2.24 bits per heavy atom. The lowest BCUT2D eigenvalue weighted by molar-refractivity contribution is -0.0503. The van der Waals surface area contributed by atoms with Crippen LogP contribution in [0, 0.1) is 29.1 Å². The molecule has 1 aromatic carbocycles. The normalized spacial score (nSPS) is 33.1. The summed E-state index contributed by atoms with van der Waals surface area (Å²) in [6.45, 7) is 3.28. The van der Waals surface area contributed by atoms with Gasteiger partial charge in [-0.3, -0.25) is 4.79 Å². The van der Waals surface area contributed by atoms with Crippen LogP contribution >= 0.6 is 11.6 Å². The maximum Gasteiger partial charge on any atom is 0.407 e. The van der Waals surface area contributed by atoms with Crippen LogP contribution in [0.4, 0.5) is 4.79 Å². The smallest absolute Gasteiger partial charge is 0.407 e. The van der Waals surface area contributed by atoms with Gasteiger partial charge in [0.15, 0.2) is 0 Å². The Morgan fingerprint density at radius 1 is 1.12 bits per heavy atom. The fraction of sp³-hybridized carbons (Fsp3) is 0.692. The first-order valence-electron chi connectivity index (χ1n) is 12.4. The number of aliphatic hydroxyl groups is 1. The number of likely N-dealkylation sites (tertiary alicyclic amines) is 1. The Labute approximate surface area is 200 Å². The van der Waals surface area contributed by atoms with Crippen molar-refractivity contribution in [3.05, 3.63) is 34.3 Å². The van der Waals surface area contributed by atoms with Crippen LogP contribution in [-0.2, 0) is 5.60 Å². The zero-order valence-electron chi connectivity index (χ0n) is 19.4. The number of rotatable bonds is 5. The van der Waals surface area contributed by atoms with Gasteiger partial charge in [0, 0.05) is 19.6 Å². The molecule has 4 aliphatic carbocycles. The molecule has 5 aliphatic rings. The summed E-state index contributed by atoms with van der Waals surface area (Å²) in [7, 11) is 0. The van der Waals surface area contributed by atoms with Gasteiger partial charge in [-0.15, -0.1) is 0 Å². The highest BCUT2D eigenvalue weighted by Gasteiger charge is 2.50. The highest BCUT2D eigenvalue weighted by molar-refractivity contribution is 6.33. The van der Waals surface area contributed by atoms with Gasteiger partial charge in [0.1, 0.15) is 0 Å². The maximum atomic E-state index is 13.2. The largest absolute Gasteiger partial charge is 0.465 e. The molecule has 3 N–H and O–H groups in total. The average Bonchev–Trinajstić information content (AvgIpc) is 2.77. The minimum Gasteiger partial charge on any atom is -0.465 e. The lowest BCUT2D eigenvalue weighted by Gasteiger charge is -2.56. The third-order valence-electron chi connectivity index (χ3n) is 9.14. The molecule has 1 heterocycles. The summed E-state index contributed by atoms with van der Waals surface area (Å²) in [6.07, 6.45) is 8.07. The molecule has 0 aromatic heterocycles. The number of benzene rings is 1. The van der Waals surface area contributed by atoms with E-state index >= 15 is 0 Å². The van der Waals surface area contributed by atoms with Crippen LogP contribution in [0.1, 0.15) is 74.2 Å². The van der Waals surface area contributed by atoms with Crippen LogP contribution in [0.25, 0.3) is 0 Å². The Hall–Kier alpha value is -1.79. The average molecular weight is 475 g/mol. The van der Waals surface area contributed by atoms with Crippen molar-refractivity contribution in [2.75, 3.05) is 19.6 Å². The number of piperidine rings is 1. The van der Waals surface area contributed by atoms with E-state index in [9.17, 15) is 19.8 Å². The van der Waals surface area contributed by atoms with Gasteiger partial charge in [-0.05, 0) is 105 Å². The van der Waals surface area contributed by atoms with E-state index in [1.165, 1.54) is 43.4 Å². The van der Waals surface area contributed by atoms with Crippen molar-refractivity contribution in [2.45, 2.75) is 63.9 Å². The topological polar surface area (TPSA) is 89.9 Å². The molecule has 180 valence electrons. The predicted molar refractivity (Wildman–Crippen MR) is 126 cm³/mol. The van der Waals surface area contributed by atoms with Crippen molar-refractivity contribution in [3.8, 4) is 0 Å². The molecule has 1 aromatic rings. The molecule has 6 rings (SSSR count). The van der Waals surface area contributed by atoms with Gasteiger partial charge in [0.2, 0.25) is 0 Å². The molecule has 1 atom stereocenters. The number of carboxylic acid groups (broad SMARTS) is 1. The lowest BCUT2D eigenvalue weighted by Crippen LogP contribution is -2.51. The molecule has 33 heavy (non-hydrogen) atoms. The zero-order valence-corrected chi connectivity index (χ0v) is 20.1. The van der Waals surface area contributed by atoms with E-state index in [1.54, 1.807) is 25.1 Å². The second-order valence-corrected chi connectivity index (χ2v) is 11.9.